The number of carbonyl (C=O) groups excluding carboxylic acids is 3. The van der Waals surface area contributed by atoms with Gasteiger partial charge < -0.3 is 16.0 Å². The molecule has 0 unspecified atom stereocenters. The number of hydrogen-bond acceptors (Lipinski definition) is 4. The Morgan fingerprint density at radius 2 is 1.61 bits per heavy atom. The molecule has 3 N–H and O–H groups in total. The molecule has 0 fully saturated rings. The predicted octanol–water partition coefficient (Wildman–Crippen LogP) is 4.13. The van der Waals surface area contributed by atoms with Crippen LogP contribution < -0.4 is 16.0 Å². The molecule has 0 radical (unpaired) electrons. The molecule has 3 rings (SSSR count). The first-order valence-corrected chi connectivity index (χ1v) is 9.97. The van der Waals surface area contributed by atoms with Gasteiger partial charge in [0, 0.05) is 15.7 Å². The van der Waals surface area contributed by atoms with E-state index in [-0.39, 0.29) is 24.3 Å². The summed E-state index contributed by atoms with van der Waals surface area (Å²) in [7, 11) is 0. The van der Waals surface area contributed by atoms with Crippen molar-refractivity contribution in [3.8, 4) is 0 Å². The van der Waals surface area contributed by atoms with Crippen molar-refractivity contribution in [1.82, 2.24) is 5.32 Å². The van der Waals surface area contributed by atoms with Crippen molar-refractivity contribution >= 4 is 56.4 Å². The van der Waals surface area contributed by atoms with Crippen LogP contribution in [0.3, 0.4) is 0 Å². The molecule has 6 nitrogen and oxygen atoms in total. The summed E-state index contributed by atoms with van der Waals surface area (Å²) < 4.78 is 0.759. The number of halogens is 1. The average Bonchev–Trinajstić information content (AvgIpc) is 3.23. The highest BCUT2D eigenvalue weighted by Crippen LogP contribution is 2.20. The number of carbonyl (C=O) groups is 3. The summed E-state index contributed by atoms with van der Waals surface area (Å²) in [6, 6.07) is 17.2. The third-order valence-corrected chi connectivity index (χ3v) is 5.27. The minimum Gasteiger partial charge on any atom is -0.343 e. The van der Waals surface area contributed by atoms with Gasteiger partial charge >= 0.3 is 0 Å². The van der Waals surface area contributed by atoms with Crippen molar-refractivity contribution in [3.05, 3.63) is 81.0 Å². The van der Waals surface area contributed by atoms with E-state index < -0.39 is 0 Å². The minimum atomic E-state index is -0.376. The zero-order valence-electron chi connectivity index (χ0n) is 14.6. The fraction of sp³-hybridized carbons (Fsp3) is 0.0500. The maximum Gasteiger partial charge on any atom is 0.265 e. The van der Waals surface area contributed by atoms with Crippen LogP contribution in [0.4, 0.5) is 11.4 Å². The van der Waals surface area contributed by atoms with Gasteiger partial charge in [0.15, 0.2) is 0 Å². The lowest BCUT2D eigenvalue weighted by Gasteiger charge is -2.09. The van der Waals surface area contributed by atoms with E-state index in [1.807, 2.05) is 17.5 Å². The van der Waals surface area contributed by atoms with Crippen molar-refractivity contribution in [2.75, 3.05) is 17.2 Å². The van der Waals surface area contributed by atoms with Gasteiger partial charge in [-0.3, -0.25) is 14.4 Å². The lowest BCUT2D eigenvalue weighted by molar-refractivity contribution is -0.115. The van der Waals surface area contributed by atoms with Gasteiger partial charge in [0.25, 0.3) is 11.8 Å². The van der Waals surface area contributed by atoms with Gasteiger partial charge in [-0.15, -0.1) is 11.3 Å². The maximum atomic E-state index is 12.2. The fourth-order valence-electron chi connectivity index (χ4n) is 2.32. The van der Waals surface area contributed by atoms with Crippen LogP contribution in [0.15, 0.2) is 70.5 Å². The summed E-state index contributed by atoms with van der Waals surface area (Å²) in [5.41, 5.74) is 1.61. The Labute approximate surface area is 174 Å². The van der Waals surface area contributed by atoms with Crippen LogP contribution in [-0.4, -0.2) is 24.3 Å². The number of benzene rings is 2. The Hall–Kier alpha value is -2.97. The minimum absolute atomic E-state index is 0.156. The molecule has 0 bridgehead atoms. The molecule has 0 aliphatic rings. The zero-order valence-corrected chi connectivity index (χ0v) is 17.0. The smallest absolute Gasteiger partial charge is 0.265 e. The first-order chi connectivity index (χ1) is 13.5. The van der Waals surface area contributed by atoms with Crippen molar-refractivity contribution in [2.24, 2.45) is 0 Å². The summed E-state index contributed by atoms with van der Waals surface area (Å²) in [5, 5.41) is 9.88. The SMILES string of the molecule is O=C(CNC(=O)c1ccc(NC(=O)c2cccs2)cc1)Nc1ccccc1Br. The Morgan fingerprint density at radius 1 is 0.857 bits per heavy atom. The molecule has 0 spiro atoms. The maximum absolute atomic E-state index is 12.2. The van der Waals surface area contributed by atoms with Crippen molar-refractivity contribution in [1.29, 1.82) is 0 Å². The first kappa shape index (κ1) is 19.8. The monoisotopic (exact) mass is 457 g/mol. The van der Waals surface area contributed by atoms with Gasteiger partial charge in [0.05, 0.1) is 17.1 Å². The fourth-order valence-corrected chi connectivity index (χ4v) is 3.33. The molecule has 0 aliphatic heterocycles. The Morgan fingerprint density at radius 3 is 2.29 bits per heavy atom. The van der Waals surface area contributed by atoms with Crippen LogP contribution in [0.2, 0.25) is 0 Å². The van der Waals surface area contributed by atoms with Gasteiger partial charge in [-0.05, 0) is 63.8 Å². The molecule has 28 heavy (non-hydrogen) atoms. The molecule has 3 amide bonds. The van der Waals surface area contributed by atoms with E-state index in [0.29, 0.717) is 21.8 Å². The summed E-state index contributed by atoms with van der Waals surface area (Å²) in [6.07, 6.45) is 0. The van der Waals surface area contributed by atoms with Gasteiger partial charge in [0.1, 0.15) is 0 Å². The molecular weight excluding hydrogens is 442 g/mol. The third kappa shape index (κ3) is 5.28. The van der Waals surface area contributed by atoms with Crippen molar-refractivity contribution in [2.45, 2.75) is 0 Å². The van der Waals surface area contributed by atoms with E-state index in [0.717, 1.165) is 4.47 Å². The zero-order chi connectivity index (χ0) is 19.9. The quantitative estimate of drug-likeness (QED) is 0.519. The number of amides is 3. The number of thiophene rings is 1. The van der Waals surface area contributed by atoms with Crippen LogP contribution in [0.5, 0.6) is 0 Å². The van der Waals surface area contributed by atoms with Crippen LogP contribution in [-0.2, 0) is 4.79 Å². The number of hydrogen-bond donors (Lipinski definition) is 3. The van der Waals surface area contributed by atoms with E-state index in [2.05, 4.69) is 31.9 Å². The Kier molecular flexibility index (Phi) is 6.57. The lowest BCUT2D eigenvalue weighted by atomic mass is 10.2. The van der Waals surface area contributed by atoms with Gasteiger partial charge in [0.2, 0.25) is 5.91 Å². The first-order valence-electron chi connectivity index (χ1n) is 8.30. The molecule has 3 aromatic rings. The Bertz CT molecular complexity index is 988. The topological polar surface area (TPSA) is 87.3 Å². The number of anilines is 2. The summed E-state index contributed by atoms with van der Waals surface area (Å²) >= 11 is 4.70. The van der Waals surface area contributed by atoms with Crippen molar-refractivity contribution < 1.29 is 14.4 Å². The second-order valence-corrected chi connectivity index (χ2v) is 7.52. The number of rotatable bonds is 6. The van der Waals surface area contributed by atoms with E-state index in [1.54, 1.807) is 48.5 Å². The van der Waals surface area contributed by atoms with Gasteiger partial charge in [-0.25, -0.2) is 0 Å². The molecule has 142 valence electrons. The highest BCUT2D eigenvalue weighted by atomic mass is 79.9. The largest absolute Gasteiger partial charge is 0.343 e. The molecule has 1 heterocycles. The van der Waals surface area contributed by atoms with Crippen LogP contribution >= 0.6 is 27.3 Å². The van der Waals surface area contributed by atoms with Gasteiger partial charge in [-0.1, -0.05) is 18.2 Å². The number of nitrogens with one attached hydrogen (secondary N) is 3. The predicted molar refractivity (Wildman–Crippen MR) is 114 cm³/mol. The van der Waals surface area contributed by atoms with E-state index in [1.165, 1.54) is 11.3 Å². The molecular formula is C20H16BrN3O3S. The second kappa shape index (κ2) is 9.29. The standard InChI is InChI=1S/C20H16BrN3O3S/c21-15-4-1-2-5-16(15)24-18(25)12-22-19(26)13-7-9-14(10-8-13)23-20(27)17-6-3-11-28-17/h1-11H,12H2,(H,22,26)(H,23,27)(H,24,25). The average molecular weight is 458 g/mol. The van der Waals surface area contributed by atoms with Gasteiger partial charge in [-0.2, -0.15) is 0 Å². The summed E-state index contributed by atoms with van der Waals surface area (Å²) in [5.74, 6) is -0.908. The molecule has 2 aromatic carbocycles. The van der Waals surface area contributed by atoms with E-state index >= 15 is 0 Å². The van der Waals surface area contributed by atoms with Crippen LogP contribution in [0.25, 0.3) is 0 Å². The van der Waals surface area contributed by atoms with Crippen LogP contribution in [0.1, 0.15) is 20.0 Å². The van der Waals surface area contributed by atoms with E-state index in [9.17, 15) is 14.4 Å². The third-order valence-electron chi connectivity index (χ3n) is 3.71. The molecule has 0 aliphatic carbocycles. The molecule has 0 atom stereocenters. The lowest BCUT2D eigenvalue weighted by Crippen LogP contribution is -2.32. The number of para-hydroxylation sites is 1. The van der Waals surface area contributed by atoms with Crippen molar-refractivity contribution in [3.63, 3.8) is 0 Å². The molecule has 1 aromatic heterocycles. The highest BCUT2D eigenvalue weighted by Gasteiger charge is 2.11. The Balaban J connectivity index is 1.51. The normalized spacial score (nSPS) is 10.2. The molecule has 0 saturated heterocycles. The second-order valence-electron chi connectivity index (χ2n) is 5.72. The van der Waals surface area contributed by atoms with E-state index in [4.69, 9.17) is 0 Å². The molecule has 8 heteroatoms. The van der Waals surface area contributed by atoms with Crippen LogP contribution in [0, 0.1) is 0 Å². The summed E-state index contributed by atoms with van der Waals surface area (Å²) in [4.78, 5) is 36.8. The molecule has 0 saturated carbocycles. The highest BCUT2D eigenvalue weighted by molar-refractivity contribution is 9.10. The summed E-state index contributed by atoms with van der Waals surface area (Å²) in [6.45, 7) is -0.156.